The smallest absolute Gasteiger partial charge is 0.254 e. The van der Waals surface area contributed by atoms with Crippen molar-refractivity contribution in [3.63, 3.8) is 0 Å². The zero-order valence-electron chi connectivity index (χ0n) is 16.6. The first-order chi connectivity index (χ1) is 14.6. The SMILES string of the molecule is Cc1c(NC(=O)CCc2nc(-c3cccs3)no2)cccc1C(=O)N1CCOCC1. The molecule has 0 aliphatic carbocycles. The lowest BCUT2D eigenvalue weighted by Gasteiger charge is -2.27. The highest BCUT2D eigenvalue weighted by Crippen LogP contribution is 2.23. The molecule has 1 aromatic carbocycles. The van der Waals surface area contributed by atoms with Crippen LogP contribution in [0.25, 0.3) is 10.7 Å². The summed E-state index contributed by atoms with van der Waals surface area (Å²) >= 11 is 1.53. The Morgan fingerprint density at radius 2 is 2.03 bits per heavy atom. The van der Waals surface area contributed by atoms with Crippen LogP contribution in [0.4, 0.5) is 5.69 Å². The van der Waals surface area contributed by atoms with Gasteiger partial charge in [0, 0.05) is 37.2 Å². The Hall–Kier alpha value is -3.04. The number of hydrogen-bond acceptors (Lipinski definition) is 7. The first kappa shape index (κ1) is 20.2. The average molecular weight is 426 g/mol. The summed E-state index contributed by atoms with van der Waals surface area (Å²) in [6.45, 7) is 4.09. The molecule has 0 unspecified atom stereocenters. The van der Waals surface area contributed by atoms with Crippen molar-refractivity contribution in [2.75, 3.05) is 31.6 Å². The number of nitrogens with zero attached hydrogens (tertiary/aromatic N) is 3. The molecule has 156 valence electrons. The van der Waals surface area contributed by atoms with E-state index in [2.05, 4.69) is 15.5 Å². The molecule has 30 heavy (non-hydrogen) atoms. The molecule has 4 rings (SSSR count). The molecule has 1 aliphatic rings. The van der Waals surface area contributed by atoms with Crippen LogP contribution >= 0.6 is 11.3 Å². The van der Waals surface area contributed by atoms with Crippen LogP contribution in [-0.2, 0) is 16.0 Å². The standard InChI is InChI=1S/C21H22N4O4S/c1-14-15(21(27)25-9-11-28-12-10-25)4-2-5-16(14)22-18(26)7-8-19-23-20(24-29-19)17-6-3-13-30-17/h2-6,13H,7-12H2,1H3,(H,22,26). The van der Waals surface area contributed by atoms with E-state index in [-0.39, 0.29) is 18.2 Å². The maximum atomic E-state index is 12.8. The van der Waals surface area contributed by atoms with Crippen LogP contribution in [0.3, 0.4) is 0 Å². The highest BCUT2D eigenvalue weighted by molar-refractivity contribution is 7.13. The third-order valence-electron chi connectivity index (χ3n) is 4.91. The Balaban J connectivity index is 1.37. The van der Waals surface area contributed by atoms with Crippen LogP contribution < -0.4 is 5.32 Å². The topological polar surface area (TPSA) is 97.6 Å². The van der Waals surface area contributed by atoms with E-state index >= 15 is 0 Å². The minimum Gasteiger partial charge on any atom is -0.378 e. The summed E-state index contributed by atoms with van der Waals surface area (Å²) < 4.78 is 10.5. The lowest BCUT2D eigenvalue weighted by Crippen LogP contribution is -2.41. The Morgan fingerprint density at radius 3 is 2.80 bits per heavy atom. The highest BCUT2D eigenvalue weighted by atomic mass is 32.1. The normalized spacial score (nSPS) is 14.0. The van der Waals surface area contributed by atoms with Gasteiger partial charge in [0.15, 0.2) is 0 Å². The van der Waals surface area contributed by atoms with E-state index in [4.69, 9.17) is 9.26 Å². The molecule has 9 heteroatoms. The second kappa shape index (κ2) is 9.19. The molecule has 2 amide bonds. The van der Waals surface area contributed by atoms with Crippen LogP contribution in [0.15, 0.2) is 40.2 Å². The fourth-order valence-corrected chi connectivity index (χ4v) is 3.88. The third kappa shape index (κ3) is 4.58. The zero-order chi connectivity index (χ0) is 20.9. The largest absolute Gasteiger partial charge is 0.378 e. The Bertz CT molecular complexity index is 1030. The molecule has 0 bridgehead atoms. The minimum absolute atomic E-state index is 0.0427. The van der Waals surface area contributed by atoms with Gasteiger partial charge >= 0.3 is 0 Å². The molecule has 1 saturated heterocycles. The number of nitrogens with one attached hydrogen (secondary N) is 1. The molecule has 0 spiro atoms. The van der Waals surface area contributed by atoms with E-state index in [0.717, 1.165) is 10.4 Å². The summed E-state index contributed by atoms with van der Waals surface area (Å²) in [6.07, 6.45) is 0.544. The monoisotopic (exact) mass is 426 g/mol. The maximum absolute atomic E-state index is 12.8. The van der Waals surface area contributed by atoms with E-state index in [9.17, 15) is 9.59 Å². The number of rotatable bonds is 6. The third-order valence-corrected chi connectivity index (χ3v) is 5.78. The van der Waals surface area contributed by atoms with E-state index in [1.807, 2.05) is 24.4 Å². The zero-order valence-corrected chi connectivity index (χ0v) is 17.4. The highest BCUT2D eigenvalue weighted by Gasteiger charge is 2.21. The number of aryl methyl sites for hydroxylation is 1. The molecule has 1 N–H and O–H groups in total. The van der Waals surface area contributed by atoms with Crippen LogP contribution in [0.2, 0.25) is 0 Å². The van der Waals surface area contributed by atoms with Crippen molar-refractivity contribution in [1.82, 2.24) is 15.0 Å². The van der Waals surface area contributed by atoms with Gasteiger partial charge < -0.3 is 19.5 Å². The predicted octanol–water partition coefficient (Wildman–Crippen LogP) is 3.15. The number of ether oxygens (including phenoxy) is 1. The molecular formula is C21H22N4O4S. The molecule has 0 saturated carbocycles. The van der Waals surface area contributed by atoms with Crippen molar-refractivity contribution < 1.29 is 18.8 Å². The number of anilines is 1. The predicted molar refractivity (Wildman–Crippen MR) is 112 cm³/mol. The van der Waals surface area contributed by atoms with Gasteiger partial charge in [-0.05, 0) is 36.1 Å². The fraction of sp³-hybridized carbons (Fsp3) is 0.333. The maximum Gasteiger partial charge on any atom is 0.254 e. The molecule has 1 fully saturated rings. The Kier molecular flexibility index (Phi) is 6.20. The molecule has 2 aromatic heterocycles. The van der Waals surface area contributed by atoms with Crippen molar-refractivity contribution in [3.8, 4) is 10.7 Å². The molecule has 8 nitrogen and oxygen atoms in total. The summed E-state index contributed by atoms with van der Waals surface area (Å²) in [5.74, 6) is 0.732. The van der Waals surface area contributed by atoms with E-state index in [1.165, 1.54) is 11.3 Å². The van der Waals surface area contributed by atoms with E-state index in [1.54, 1.807) is 23.1 Å². The summed E-state index contributed by atoms with van der Waals surface area (Å²) in [4.78, 5) is 32.3. The molecule has 1 aliphatic heterocycles. The number of hydrogen-bond donors (Lipinski definition) is 1. The van der Waals surface area contributed by atoms with E-state index in [0.29, 0.717) is 55.7 Å². The molecule has 0 radical (unpaired) electrons. The average Bonchev–Trinajstić information content (AvgIpc) is 3.46. The van der Waals surface area contributed by atoms with Gasteiger partial charge in [-0.2, -0.15) is 4.98 Å². The summed E-state index contributed by atoms with van der Waals surface area (Å²) in [6, 6.07) is 9.20. The molecule has 3 heterocycles. The van der Waals surface area contributed by atoms with Gasteiger partial charge in [0.05, 0.1) is 18.1 Å². The number of thiophene rings is 1. The Labute approximate surface area is 177 Å². The second-order valence-corrected chi connectivity index (χ2v) is 7.87. The molecule has 3 aromatic rings. The van der Waals surface area contributed by atoms with Gasteiger partial charge in [0.25, 0.3) is 5.91 Å². The summed E-state index contributed by atoms with van der Waals surface area (Å²) in [5.41, 5.74) is 1.97. The van der Waals surface area contributed by atoms with Crippen LogP contribution in [0, 0.1) is 6.92 Å². The number of benzene rings is 1. The number of carbonyl (C=O) groups is 2. The van der Waals surface area contributed by atoms with Gasteiger partial charge in [0.1, 0.15) is 0 Å². The van der Waals surface area contributed by atoms with Crippen molar-refractivity contribution in [2.24, 2.45) is 0 Å². The first-order valence-corrected chi connectivity index (χ1v) is 10.6. The van der Waals surface area contributed by atoms with Gasteiger partial charge in [-0.3, -0.25) is 9.59 Å². The lowest BCUT2D eigenvalue weighted by molar-refractivity contribution is -0.116. The van der Waals surface area contributed by atoms with Gasteiger partial charge in [-0.25, -0.2) is 0 Å². The van der Waals surface area contributed by atoms with E-state index < -0.39 is 0 Å². The number of amides is 2. The van der Waals surface area contributed by atoms with Crippen molar-refractivity contribution in [1.29, 1.82) is 0 Å². The fourth-order valence-electron chi connectivity index (χ4n) is 3.23. The summed E-state index contributed by atoms with van der Waals surface area (Å²) in [7, 11) is 0. The molecule has 0 atom stereocenters. The number of aromatic nitrogens is 2. The number of carbonyl (C=O) groups excluding carboxylic acids is 2. The lowest BCUT2D eigenvalue weighted by atomic mass is 10.0. The van der Waals surface area contributed by atoms with Crippen molar-refractivity contribution in [3.05, 3.63) is 52.7 Å². The first-order valence-electron chi connectivity index (χ1n) is 9.75. The van der Waals surface area contributed by atoms with Crippen molar-refractivity contribution >= 4 is 28.8 Å². The molecular weight excluding hydrogens is 404 g/mol. The van der Waals surface area contributed by atoms with Gasteiger partial charge in [-0.15, -0.1) is 11.3 Å². The van der Waals surface area contributed by atoms with Gasteiger partial charge in [0.2, 0.25) is 17.6 Å². The quantitative estimate of drug-likeness (QED) is 0.650. The Morgan fingerprint density at radius 1 is 1.20 bits per heavy atom. The van der Waals surface area contributed by atoms with Crippen molar-refractivity contribution in [2.45, 2.75) is 19.8 Å². The van der Waals surface area contributed by atoms with Crippen LogP contribution in [0.1, 0.15) is 28.2 Å². The van der Waals surface area contributed by atoms with Crippen LogP contribution in [-0.4, -0.2) is 53.2 Å². The number of morpholine rings is 1. The van der Waals surface area contributed by atoms with Gasteiger partial charge in [-0.1, -0.05) is 17.3 Å². The summed E-state index contributed by atoms with van der Waals surface area (Å²) in [5, 5.41) is 8.79. The van der Waals surface area contributed by atoms with Crippen LogP contribution in [0.5, 0.6) is 0 Å². The second-order valence-electron chi connectivity index (χ2n) is 6.92. The minimum atomic E-state index is -0.176.